The number of morpholine rings is 1. The minimum atomic E-state index is -0.575. The molecule has 0 N–H and O–H groups in total. The van der Waals surface area contributed by atoms with Gasteiger partial charge in [-0.15, -0.1) is 0 Å². The molecule has 1 aromatic rings. The monoisotopic (exact) mass is 276 g/mol. The van der Waals surface area contributed by atoms with Crippen LogP contribution in [0.4, 0.5) is 0 Å². The van der Waals surface area contributed by atoms with E-state index in [9.17, 15) is 4.79 Å². The van der Waals surface area contributed by atoms with Gasteiger partial charge >= 0.3 is 0 Å². The molecule has 1 unspecified atom stereocenters. The normalized spacial score (nSPS) is 26.8. The van der Waals surface area contributed by atoms with Crippen molar-refractivity contribution in [1.29, 1.82) is 0 Å². The lowest BCUT2D eigenvalue weighted by atomic mass is 10.0. The molecule has 3 heterocycles. The SMILES string of the molecule is Cc1cc(C(=O)N2CCOC3(CCCCO3)C2)ccn1. The number of ether oxygens (including phenoxy) is 2. The summed E-state index contributed by atoms with van der Waals surface area (Å²) >= 11 is 0. The third-order valence-corrected chi connectivity index (χ3v) is 3.91. The summed E-state index contributed by atoms with van der Waals surface area (Å²) in [7, 11) is 0. The maximum atomic E-state index is 12.6. The Bertz CT molecular complexity index is 492. The average Bonchev–Trinajstić information content (AvgIpc) is 2.47. The first-order valence-corrected chi connectivity index (χ1v) is 7.18. The van der Waals surface area contributed by atoms with E-state index in [-0.39, 0.29) is 5.91 Å². The quantitative estimate of drug-likeness (QED) is 0.784. The van der Waals surface area contributed by atoms with Crippen molar-refractivity contribution in [3.63, 3.8) is 0 Å². The second-order valence-electron chi connectivity index (χ2n) is 5.48. The lowest BCUT2D eigenvalue weighted by molar-refractivity contribution is -0.277. The number of nitrogens with zero attached hydrogens (tertiary/aromatic N) is 2. The number of amides is 1. The molecule has 0 bridgehead atoms. The van der Waals surface area contributed by atoms with Crippen molar-refractivity contribution in [1.82, 2.24) is 9.88 Å². The molecule has 0 aromatic carbocycles. The number of carbonyl (C=O) groups is 1. The number of hydrogen-bond acceptors (Lipinski definition) is 4. The Morgan fingerprint density at radius 3 is 2.95 bits per heavy atom. The van der Waals surface area contributed by atoms with E-state index in [4.69, 9.17) is 9.47 Å². The largest absolute Gasteiger partial charge is 0.348 e. The van der Waals surface area contributed by atoms with Gasteiger partial charge in [-0.3, -0.25) is 9.78 Å². The van der Waals surface area contributed by atoms with E-state index in [0.29, 0.717) is 25.3 Å². The highest BCUT2D eigenvalue weighted by Crippen LogP contribution is 2.30. The summed E-state index contributed by atoms with van der Waals surface area (Å²) in [5.74, 6) is -0.541. The number of rotatable bonds is 1. The Morgan fingerprint density at radius 2 is 2.20 bits per heavy atom. The molecule has 2 saturated heterocycles. The summed E-state index contributed by atoms with van der Waals surface area (Å²) in [6, 6.07) is 3.59. The minimum absolute atomic E-state index is 0.0346. The van der Waals surface area contributed by atoms with Crippen molar-refractivity contribution >= 4 is 5.91 Å². The van der Waals surface area contributed by atoms with Crippen LogP contribution in [0.25, 0.3) is 0 Å². The maximum absolute atomic E-state index is 12.6. The van der Waals surface area contributed by atoms with Crippen molar-refractivity contribution < 1.29 is 14.3 Å². The van der Waals surface area contributed by atoms with Gasteiger partial charge in [0.2, 0.25) is 0 Å². The molecule has 0 radical (unpaired) electrons. The van der Waals surface area contributed by atoms with Crippen molar-refractivity contribution in [3.8, 4) is 0 Å². The number of pyridine rings is 1. The van der Waals surface area contributed by atoms with Crippen LogP contribution in [-0.2, 0) is 9.47 Å². The van der Waals surface area contributed by atoms with Crippen molar-refractivity contribution in [3.05, 3.63) is 29.6 Å². The lowest BCUT2D eigenvalue weighted by Crippen LogP contribution is -2.56. The maximum Gasteiger partial charge on any atom is 0.254 e. The van der Waals surface area contributed by atoms with Crippen molar-refractivity contribution in [2.75, 3.05) is 26.3 Å². The smallest absolute Gasteiger partial charge is 0.254 e. The van der Waals surface area contributed by atoms with Crippen LogP contribution in [-0.4, -0.2) is 47.9 Å². The van der Waals surface area contributed by atoms with Gasteiger partial charge in [0, 0.05) is 30.4 Å². The zero-order chi connectivity index (χ0) is 14.0. The van der Waals surface area contributed by atoms with Crippen LogP contribution in [0.3, 0.4) is 0 Å². The van der Waals surface area contributed by atoms with Gasteiger partial charge < -0.3 is 14.4 Å². The summed E-state index contributed by atoms with van der Waals surface area (Å²) < 4.78 is 11.6. The highest BCUT2D eigenvalue weighted by atomic mass is 16.7. The Labute approximate surface area is 118 Å². The first-order chi connectivity index (χ1) is 9.69. The molecule has 2 aliphatic rings. The summed E-state index contributed by atoms with van der Waals surface area (Å²) in [5, 5.41) is 0. The molecular weight excluding hydrogens is 256 g/mol. The molecule has 1 atom stereocenters. The second kappa shape index (κ2) is 5.50. The molecule has 2 aliphatic heterocycles. The molecule has 5 nitrogen and oxygen atoms in total. The van der Waals surface area contributed by atoms with Crippen LogP contribution in [0.15, 0.2) is 18.3 Å². The third kappa shape index (κ3) is 2.69. The second-order valence-corrected chi connectivity index (χ2v) is 5.48. The van der Waals surface area contributed by atoms with Gasteiger partial charge in [-0.25, -0.2) is 0 Å². The molecule has 3 rings (SSSR count). The summed E-state index contributed by atoms with van der Waals surface area (Å²) in [6.07, 6.45) is 4.71. The predicted molar refractivity (Wildman–Crippen MR) is 73.4 cm³/mol. The van der Waals surface area contributed by atoms with Crippen molar-refractivity contribution in [2.24, 2.45) is 0 Å². The fraction of sp³-hybridized carbons (Fsp3) is 0.600. The molecule has 0 saturated carbocycles. The lowest BCUT2D eigenvalue weighted by Gasteiger charge is -2.44. The van der Waals surface area contributed by atoms with Crippen LogP contribution >= 0.6 is 0 Å². The molecule has 5 heteroatoms. The first kappa shape index (κ1) is 13.5. The highest BCUT2D eigenvalue weighted by Gasteiger charge is 2.40. The van der Waals surface area contributed by atoms with Gasteiger partial charge in [0.25, 0.3) is 5.91 Å². The summed E-state index contributed by atoms with van der Waals surface area (Å²) in [6.45, 7) is 4.28. The molecule has 1 spiro atoms. The van der Waals surface area contributed by atoms with Crippen LogP contribution in [0.1, 0.15) is 35.3 Å². The molecule has 0 aliphatic carbocycles. The number of carbonyl (C=O) groups excluding carboxylic acids is 1. The molecule has 108 valence electrons. The topological polar surface area (TPSA) is 51.7 Å². The van der Waals surface area contributed by atoms with Gasteiger partial charge in [0.05, 0.1) is 19.8 Å². The Morgan fingerprint density at radius 1 is 1.35 bits per heavy atom. The van der Waals surface area contributed by atoms with Crippen LogP contribution in [0.5, 0.6) is 0 Å². The first-order valence-electron chi connectivity index (χ1n) is 7.18. The van der Waals surface area contributed by atoms with E-state index in [2.05, 4.69) is 4.98 Å². The average molecular weight is 276 g/mol. The predicted octanol–water partition coefficient (Wildman–Crippen LogP) is 1.76. The standard InChI is InChI=1S/C15H20N2O3/c1-12-10-13(4-6-16-12)14(18)17-7-9-20-15(11-17)5-2-3-8-19-15/h4,6,10H,2-3,5,7-9,11H2,1H3. The van der Waals surface area contributed by atoms with E-state index in [1.165, 1.54) is 0 Å². The Kier molecular flexibility index (Phi) is 3.72. The van der Waals surface area contributed by atoms with Gasteiger partial charge in [0.15, 0.2) is 5.79 Å². The third-order valence-electron chi connectivity index (χ3n) is 3.91. The van der Waals surface area contributed by atoms with Crippen LogP contribution in [0, 0.1) is 6.92 Å². The Balaban J connectivity index is 1.74. The van der Waals surface area contributed by atoms with Gasteiger partial charge in [-0.1, -0.05) is 0 Å². The summed E-state index contributed by atoms with van der Waals surface area (Å²) in [5.41, 5.74) is 1.54. The van der Waals surface area contributed by atoms with Crippen LogP contribution < -0.4 is 0 Å². The summed E-state index contributed by atoms with van der Waals surface area (Å²) in [4.78, 5) is 18.5. The van der Waals surface area contributed by atoms with E-state index in [0.717, 1.165) is 31.6 Å². The van der Waals surface area contributed by atoms with Crippen LogP contribution in [0.2, 0.25) is 0 Å². The van der Waals surface area contributed by atoms with E-state index < -0.39 is 5.79 Å². The van der Waals surface area contributed by atoms with Gasteiger partial charge in [-0.05, 0) is 31.9 Å². The number of hydrogen-bond donors (Lipinski definition) is 0. The van der Waals surface area contributed by atoms with Gasteiger partial charge in [-0.2, -0.15) is 0 Å². The molecule has 20 heavy (non-hydrogen) atoms. The van der Waals surface area contributed by atoms with E-state index in [1.54, 1.807) is 12.3 Å². The van der Waals surface area contributed by atoms with Crippen molar-refractivity contribution in [2.45, 2.75) is 32.0 Å². The minimum Gasteiger partial charge on any atom is -0.348 e. The zero-order valence-electron chi connectivity index (χ0n) is 11.8. The Hall–Kier alpha value is -1.46. The molecular formula is C15H20N2O3. The number of aryl methyl sites for hydroxylation is 1. The molecule has 2 fully saturated rings. The zero-order valence-corrected chi connectivity index (χ0v) is 11.8. The van der Waals surface area contributed by atoms with Gasteiger partial charge in [0.1, 0.15) is 0 Å². The van der Waals surface area contributed by atoms with E-state index >= 15 is 0 Å². The van der Waals surface area contributed by atoms with E-state index in [1.807, 2.05) is 17.9 Å². The molecule has 1 amide bonds. The highest BCUT2D eigenvalue weighted by molar-refractivity contribution is 5.94. The number of aromatic nitrogens is 1. The fourth-order valence-corrected chi connectivity index (χ4v) is 2.86. The fourth-order valence-electron chi connectivity index (χ4n) is 2.86. The molecule has 1 aromatic heterocycles.